The van der Waals surface area contributed by atoms with E-state index in [0.29, 0.717) is 15.8 Å². The van der Waals surface area contributed by atoms with Gasteiger partial charge in [0.2, 0.25) is 0 Å². The van der Waals surface area contributed by atoms with Crippen LogP contribution in [-0.2, 0) is 9.59 Å². The van der Waals surface area contributed by atoms with Crippen molar-refractivity contribution in [1.29, 1.82) is 0 Å². The Morgan fingerprint density at radius 3 is 2.52 bits per heavy atom. The van der Waals surface area contributed by atoms with Gasteiger partial charge in [-0.2, -0.15) is 0 Å². The SMILES string of the molecule is O=C(O)CCOc1ccc(/C=C2\SC(=Nc3ccccc3C(=O)O)NC2=O)cc1. The summed E-state index contributed by atoms with van der Waals surface area (Å²) in [5.74, 6) is -1.83. The first-order valence-corrected chi connectivity index (χ1v) is 9.30. The van der Waals surface area contributed by atoms with Crippen LogP contribution in [0.1, 0.15) is 22.3 Å². The maximum absolute atomic E-state index is 12.2. The molecule has 1 aliphatic heterocycles. The Labute approximate surface area is 169 Å². The van der Waals surface area contributed by atoms with Crippen LogP contribution in [0.4, 0.5) is 5.69 Å². The normalized spacial score (nSPS) is 16.1. The van der Waals surface area contributed by atoms with Gasteiger partial charge in [-0.3, -0.25) is 9.59 Å². The molecule has 148 valence electrons. The molecule has 0 aliphatic carbocycles. The van der Waals surface area contributed by atoms with Gasteiger partial charge in [-0.25, -0.2) is 9.79 Å². The summed E-state index contributed by atoms with van der Waals surface area (Å²) in [6.07, 6.45) is 1.59. The molecule has 1 heterocycles. The number of amides is 1. The molecule has 0 saturated carbocycles. The van der Waals surface area contributed by atoms with Gasteiger partial charge in [0.1, 0.15) is 5.75 Å². The smallest absolute Gasteiger partial charge is 0.337 e. The molecule has 0 spiro atoms. The number of carboxylic acids is 2. The number of carbonyl (C=O) groups is 3. The topological polar surface area (TPSA) is 125 Å². The number of hydrogen-bond acceptors (Lipinski definition) is 6. The lowest BCUT2D eigenvalue weighted by atomic mass is 10.2. The highest BCUT2D eigenvalue weighted by molar-refractivity contribution is 8.18. The van der Waals surface area contributed by atoms with Crippen molar-refractivity contribution in [2.24, 2.45) is 4.99 Å². The lowest BCUT2D eigenvalue weighted by Gasteiger charge is -2.04. The third-order valence-corrected chi connectivity index (χ3v) is 4.68. The number of carbonyl (C=O) groups excluding carboxylic acids is 1. The number of hydrogen-bond donors (Lipinski definition) is 3. The standard InChI is InChI=1S/C20H16N2O6S/c23-17(24)9-10-28-13-7-5-12(6-8-13)11-16-18(25)22-20(29-16)21-15-4-2-1-3-14(15)19(26)27/h1-8,11H,9-10H2,(H,23,24)(H,26,27)(H,21,22,25)/b16-11-. The quantitative estimate of drug-likeness (QED) is 0.597. The minimum Gasteiger partial charge on any atom is -0.493 e. The molecule has 9 heteroatoms. The van der Waals surface area contributed by atoms with Crippen molar-refractivity contribution in [3.05, 3.63) is 64.6 Å². The van der Waals surface area contributed by atoms with Gasteiger partial charge in [-0.1, -0.05) is 24.3 Å². The second kappa shape index (κ2) is 9.07. The van der Waals surface area contributed by atoms with E-state index in [-0.39, 0.29) is 30.2 Å². The van der Waals surface area contributed by atoms with Gasteiger partial charge in [0.25, 0.3) is 5.91 Å². The Hall–Kier alpha value is -3.59. The average Bonchev–Trinajstić information content (AvgIpc) is 3.02. The summed E-state index contributed by atoms with van der Waals surface area (Å²) in [7, 11) is 0. The van der Waals surface area contributed by atoms with Crippen LogP contribution in [0, 0.1) is 0 Å². The van der Waals surface area contributed by atoms with Gasteiger partial charge in [-0.15, -0.1) is 0 Å². The van der Waals surface area contributed by atoms with Crippen molar-refractivity contribution in [1.82, 2.24) is 5.32 Å². The molecule has 8 nitrogen and oxygen atoms in total. The molecule has 0 radical (unpaired) electrons. The van der Waals surface area contributed by atoms with E-state index in [0.717, 1.165) is 17.3 Å². The van der Waals surface area contributed by atoms with Gasteiger partial charge in [0, 0.05) is 0 Å². The number of benzene rings is 2. The zero-order chi connectivity index (χ0) is 20.8. The summed E-state index contributed by atoms with van der Waals surface area (Å²) >= 11 is 1.11. The molecular weight excluding hydrogens is 396 g/mol. The summed E-state index contributed by atoms with van der Waals surface area (Å²) in [6.45, 7) is 0.0751. The fourth-order valence-electron chi connectivity index (χ4n) is 2.41. The minimum absolute atomic E-state index is 0.0470. The fraction of sp³-hybridized carbons (Fsp3) is 0.100. The van der Waals surface area contributed by atoms with E-state index in [2.05, 4.69) is 10.3 Å². The zero-order valence-electron chi connectivity index (χ0n) is 15.0. The minimum atomic E-state index is -1.10. The molecule has 3 rings (SSSR count). The molecular formula is C20H16N2O6S. The summed E-state index contributed by atoms with van der Waals surface area (Å²) in [5.41, 5.74) is 1.05. The highest BCUT2D eigenvalue weighted by Gasteiger charge is 2.24. The van der Waals surface area contributed by atoms with Crippen molar-refractivity contribution in [2.75, 3.05) is 6.61 Å². The van der Waals surface area contributed by atoms with Gasteiger partial charge in [0.15, 0.2) is 5.17 Å². The molecule has 1 fully saturated rings. The van der Waals surface area contributed by atoms with Crippen LogP contribution in [0.2, 0.25) is 0 Å². The molecule has 0 aromatic heterocycles. The van der Waals surface area contributed by atoms with E-state index < -0.39 is 11.9 Å². The van der Waals surface area contributed by atoms with Gasteiger partial charge >= 0.3 is 11.9 Å². The Bertz CT molecular complexity index is 1010. The van der Waals surface area contributed by atoms with Crippen molar-refractivity contribution in [3.63, 3.8) is 0 Å². The lowest BCUT2D eigenvalue weighted by molar-refractivity contribution is -0.137. The number of aromatic carboxylic acids is 1. The van der Waals surface area contributed by atoms with Gasteiger partial charge in [0.05, 0.1) is 29.2 Å². The summed E-state index contributed by atoms with van der Waals surface area (Å²) in [4.78, 5) is 38.6. The van der Waals surface area contributed by atoms with E-state index in [1.54, 1.807) is 48.5 Å². The van der Waals surface area contributed by atoms with Crippen LogP contribution in [0.3, 0.4) is 0 Å². The Morgan fingerprint density at radius 2 is 1.83 bits per heavy atom. The third kappa shape index (κ3) is 5.45. The zero-order valence-corrected chi connectivity index (χ0v) is 15.8. The van der Waals surface area contributed by atoms with E-state index in [1.165, 1.54) is 6.07 Å². The number of nitrogens with zero attached hydrogens (tertiary/aromatic N) is 1. The number of aliphatic imine (C=N–C) groups is 1. The van der Waals surface area contributed by atoms with Crippen LogP contribution in [0.15, 0.2) is 58.4 Å². The fourth-order valence-corrected chi connectivity index (χ4v) is 3.24. The molecule has 3 N–H and O–H groups in total. The van der Waals surface area contributed by atoms with Crippen LogP contribution >= 0.6 is 11.8 Å². The van der Waals surface area contributed by atoms with E-state index >= 15 is 0 Å². The molecule has 1 saturated heterocycles. The Kier molecular flexibility index (Phi) is 6.30. The predicted molar refractivity (Wildman–Crippen MR) is 108 cm³/mol. The first kappa shape index (κ1) is 20.2. The maximum Gasteiger partial charge on any atom is 0.337 e. The number of amidine groups is 1. The average molecular weight is 412 g/mol. The number of nitrogens with one attached hydrogen (secondary N) is 1. The second-order valence-corrected chi connectivity index (χ2v) is 6.90. The van der Waals surface area contributed by atoms with Crippen molar-refractivity contribution >= 4 is 46.5 Å². The molecule has 1 aliphatic rings. The van der Waals surface area contributed by atoms with Crippen LogP contribution in [-0.4, -0.2) is 39.8 Å². The number of ether oxygens (including phenoxy) is 1. The van der Waals surface area contributed by atoms with E-state index in [9.17, 15) is 19.5 Å². The second-order valence-electron chi connectivity index (χ2n) is 5.87. The molecule has 0 unspecified atom stereocenters. The van der Waals surface area contributed by atoms with Crippen LogP contribution in [0.25, 0.3) is 6.08 Å². The third-order valence-electron chi connectivity index (χ3n) is 3.77. The molecule has 0 bridgehead atoms. The number of para-hydroxylation sites is 1. The largest absolute Gasteiger partial charge is 0.493 e. The van der Waals surface area contributed by atoms with Gasteiger partial charge < -0.3 is 20.3 Å². The lowest BCUT2D eigenvalue weighted by Crippen LogP contribution is -2.19. The molecule has 29 heavy (non-hydrogen) atoms. The summed E-state index contributed by atoms with van der Waals surface area (Å²) in [6, 6.07) is 13.1. The number of rotatable bonds is 7. The van der Waals surface area contributed by atoms with E-state index in [1.807, 2.05) is 0 Å². The van der Waals surface area contributed by atoms with Crippen molar-refractivity contribution in [3.8, 4) is 5.75 Å². The first-order valence-electron chi connectivity index (χ1n) is 8.49. The summed E-state index contributed by atoms with van der Waals surface area (Å²) < 4.78 is 5.32. The Morgan fingerprint density at radius 1 is 1.10 bits per heavy atom. The predicted octanol–water partition coefficient (Wildman–Crippen LogP) is 3.13. The summed E-state index contributed by atoms with van der Waals surface area (Å²) in [5, 5.41) is 20.8. The monoisotopic (exact) mass is 412 g/mol. The highest BCUT2D eigenvalue weighted by Crippen LogP contribution is 2.29. The number of carboxylic acid groups (broad SMARTS) is 2. The van der Waals surface area contributed by atoms with Crippen LogP contribution in [0.5, 0.6) is 5.75 Å². The molecule has 2 aromatic rings. The molecule has 0 atom stereocenters. The Balaban J connectivity index is 1.71. The molecule has 2 aromatic carbocycles. The highest BCUT2D eigenvalue weighted by atomic mass is 32.2. The molecule has 1 amide bonds. The van der Waals surface area contributed by atoms with Crippen LogP contribution < -0.4 is 10.1 Å². The van der Waals surface area contributed by atoms with Crippen molar-refractivity contribution < 1.29 is 29.3 Å². The first-order chi connectivity index (χ1) is 13.9. The maximum atomic E-state index is 12.2. The number of aliphatic carboxylic acids is 1. The van der Waals surface area contributed by atoms with Crippen molar-refractivity contribution in [2.45, 2.75) is 6.42 Å². The van der Waals surface area contributed by atoms with Gasteiger partial charge in [-0.05, 0) is 47.7 Å². The number of thioether (sulfide) groups is 1. The van der Waals surface area contributed by atoms with E-state index in [4.69, 9.17) is 9.84 Å².